The predicted molar refractivity (Wildman–Crippen MR) is 98.3 cm³/mol. The van der Waals surface area contributed by atoms with E-state index in [1.54, 1.807) is 26.2 Å². The molecular weight excluding hydrogens is 346 g/mol. The zero-order valence-electron chi connectivity index (χ0n) is 15.5. The van der Waals surface area contributed by atoms with Crippen molar-refractivity contribution in [2.75, 3.05) is 14.1 Å². The molecule has 1 amide bonds. The second-order valence-corrected chi connectivity index (χ2v) is 6.66. The molecule has 0 saturated heterocycles. The highest BCUT2D eigenvalue weighted by Gasteiger charge is 2.29. The number of hydrogen-bond acceptors (Lipinski definition) is 5. The van der Waals surface area contributed by atoms with Gasteiger partial charge in [-0.25, -0.2) is 9.59 Å². The van der Waals surface area contributed by atoms with E-state index in [4.69, 9.17) is 9.47 Å². The Kier molecular flexibility index (Phi) is 5.26. The Hall–Kier alpha value is -3.15. The van der Waals surface area contributed by atoms with E-state index in [1.807, 2.05) is 30.3 Å². The van der Waals surface area contributed by atoms with Gasteiger partial charge < -0.3 is 14.4 Å². The number of carbonyl (C=O) groups is 3. The van der Waals surface area contributed by atoms with Gasteiger partial charge in [-0.05, 0) is 36.2 Å². The standard InChI is InChI=1S/C21H21NO5/c1-13(19(23)22(2)3)26-20(24)15-9-10-17-16(11-15)12-18(27-21(17)25)14-7-5-4-6-8-14/h4-11,13,18H,12H2,1-3H3/t13-,18+/m1/s1. The summed E-state index contributed by atoms with van der Waals surface area (Å²) < 4.78 is 10.8. The van der Waals surface area contributed by atoms with Crippen LogP contribution < -0.4 is 0 Å². The van der Waals surface area contributed by atoms with E-state index in [9.17, 15) is 14.4 Å². The summed E-state index contributed by atoms with van der Waals surface area (Å²) in [4.78, 5) is 37.9. The fourth-order valence-electron chi connectivity index (χ4n) is 3.02. The molecule has 6 nitrogen and oxygen atoms in total. The Bertz CT molecular complexity index is 875. The normalized spacial score (nSPS) is 16.7. The largest absolute Gasteiger partial charge is 0.454 e. The number of ether oxygens (including phenoxy) is 2. The third kappa shape index (κ3) is 4.00. The first-order valence-electron chi connectivity index (χ1n) is 8.68. The number of carbonyl (C=O) groups excluding carboxylic acids is 3. The summed E-state index contributed by atoms with van der Waals surface area (Å²) in [7, 11) is 3.20. The molecule has 1 heterocycles. The van der Waals surface area contributed by atoms with Crippen LogP contribution >= 0.6 is 0 Å². The molecule has 0 radical (unpaired) electrons. The van der Waals surface area contributed by atoms with E-state index in [-0.39, 0.29) is 5.91 Å². The molecule has 2 atom stereocenters. The van der Waals surface area contributed by atoms with Crippen LogP contribution in [0.25, 0.3) is 0 Å². The number of likely N-dealkylation sites (N-methyl/N-ethyl adjacent to an activating group) is 1. The van der Waals surface area contributed by atoms with Gasteiger partial charge in [-0.3, -0.25) is 4.79 Å². The average molecular weight is 367 g/mol. The van der Waals surface area contributed by atoms with E-state index in [1.165, 1.54) is 17.9 Å². The maximum atomic E-state index is 12.4. The molecule has 0 spiro atoms. The quantitative estimate of drug-likeness (QED) is 0.777. The second-order valence-electron chi connectivity index (χ2n) is 6.66. The lowest BCUT2D eigenvalue weighted by Gasteiger charge is -2.25. The van der Waals surface area contributed by atoms with Gasteiger partial charge in [0.2, 0.25) is 0 Å². The van der Waals surface area contributed by atoms with Crippen molar-refractivity contribution in [1.82, 2.24) is 4.90 Å². The summed E-state index contributed by atoms with van der Waals surface area (Å²) in [6.45, 7) is 1.53. The Morgan fingerprint density at radius 2 is 1.85 bits per heavy atom. The zero-order valence-corrected chi connectivity index (χ0v) is 15.5. The lowest BCUT2D eigenvalue weighted by molar-refractivity contribution is -0.137. The van der Waals surface area contributed by atoms with Crippen LogP contribution in [0.5, 0.6) is 0 Å². The fraction of sp³-hybridized carbons (Fsp3) is 0.286. The van der Waals surface area contributed by atoms with Gasteiger partial charge in [-0.1, -0.05) is 30.3 Å². The van der Waals surface area contributed by atoms with Crippen molar-refractivity contribution in [2.24, 2.45) is 0 Å². The number of esters is 2. The molecule has 140 valence electrons. The van der Waals surface area contributed by atoms with Crippen LogP contribution in [-0.2, 0) is 20.7 Å². The summed E-state index contributed by atoms with van der Waals surface area (Å²) in [5.74, 6) is -1.31. The van der Waals surface area contributed by atoms with Gasteiger partial charge in [0.25, 0.3) is 5.91 Å². The highest BCUT2D eigenvalue weighted by atomic mass is 16.6. The predicted octanol–water partition coefficient (Wildman–Crippen LogP) is 2.77. The first-order valence-corrected chi connectivity index (χ1v) is 8.68. The molecule has 0 fully saturated rings. The summed E-state index contributed by atoms with van der Waals surface area (Å²) >= 11 is 0. The second kappa shape index (κ2) is 7.61. The van der Waals surface area contributed by atoms with Crippen molar-refractivity contribution >= 4 is 17.8 Å². The van der Waals surface area contributed by atoms with Crippen LogP contribution in [-0.4, -0.2) is 42.9 Å². The van der Waals surface area contributed by atoms with E-state index >= 15 is 0 Å². The van der Waals surface area contributed by atoms with Gasteiger partial charge >= 0.3 is 11.9 Å². The number of amides is 1. The van der Waals surface area contributed by atoms with Crippen molar-refractivity contribution < 1.29 is 23.9 Å². The van der Waals surface area contributed by atoms with Gasteiger partial charge in [-0.2, -0.15) is 0 Å². The molecule has 1 aliphatic rings. The van der Waals surface area contributed by atoms with Crippen molar-refractivity contribution in [3.63, 3.8) is 0 Å². The molecule has 0 saturated carbocycles. The van der Waals surface area contributed by atoms with Crippen LogP contribution in [0.4, 0.5) is 0 Å². The van der Waals surface area contributed by atoms with Gasteiger partial charge in [0.05, 0.1) is 11.1 Å². The van der Waals surface area contributed by atoms with Gasteiger partial charge in [0.1, 0.15) is 6.10 Å². The van der Waals surface area contributed by atoms with Gasteiger partial charge in [0.15, 0.2) is 6.10 Å². The topological polar surface area (TPSA) is 72.9 Å². The third-order valence-electron chi connectivity index (χ3n) is 4.46. The highest BCUT2D eigenvalue weighted by molar-refractivity contribution is 5.96. The van der Waals surface area contributed by atoms with Crippen LogP contribution in [0, 0.1) is 0 Å². The lowest BCUT2D eigenvalue weighted by Crippen LogP contribution is -2.35. The minimum atomic E-state index is -0.884. The number of hydrogen-bond donors (Lipinski definition) is 0. The lowest BCUT2D eigenvalue weighted by atomic mass is 9.93. The van der Waals surface area contributed by atoms with Gasteiger partial charge in [0, 0.05) is 20.5 Å². The minimum absolute atomic E-state index is 0.297. The van der Waals surface area contributed by atoms with Crippen LogP contribution in [0.15, 0.2) is 48.5 Å². The molecule has 0 unspecified atom stereocenters. The Morgan fingerprint density at radius 3 is 2.52 bits per heavy atom. The van der Waals surface area contributed by atoms with Gasteiger partial charge in [-0.15, -0.1) is 0 Å². The monoisotopic (exact) mass is 367 g/mol. The number of benzene rings is 2. The first kappa shape index (κ1) is 18.6. The molecule has 0 N–H and O–H groups in total. The third-order valence-corrected chi connectivity index (χ3v) is 4.46. The highest BCUT2D eigenvalue weighted by Crippen LogP contribution is 2.31. The molecule has 27 heavy (non-hydrogen) atoms. The molecular formula is C21H21NO5. The molecule has 2 aromatic carbocycles. The van der Waals surface area contributed by atoms with Crippen LogP contribution in [0.3, 0.4) is 0 Å². The molecule has 2 aromatic rings. The molecule has 0 aromatic heterocycles. The van der Waals surface area contributed by atoms with Crippen molar-refractivity contribution in [3.05, 3.63) is 70.8 Å². The summed E-state index contributed by atoms with van der Waals surface area (Å²) in [5, 5.41) is 0. The molecule has 0 aliphatic carbocycles. The Labute approximate surface area is 157 Å². The van der Waals surface area contributed by atoms with E-state index in [0.717, 1.165) is 11.1 Å². The van der Waals surface area contributed by atoms with Crippen molar-refractivity contribution in [3.8, 4) is 0 Å². The smallest absolute Gasteiger partial charge is 0.339 e. The zero-order chi connectivity index (χ0) is 19.6. The number of nitrogens with zero attached hydrogens (tertiary/aromatic N) is 1. The number of cyclic esters (lactones) is 1. The summed E-state index contributed by atoms with van der Waals surface area (Å²) in [6, 6.07) is 14.2. The maximum Gasteiger partial charge on any atom is 0.339 e. The first-order chi connectivity index (χ1) is 12.9. The van der Waals surface area contributed by atoms with Crippen molar-refractivity contribution in [2.45, 2.75) is 25.6 Å². The minimum Gasteiger partial charge on any atom is -0.454 e. The SMILES string of the molecule is C[C@@H](OC(=O)c1ccc2c(c1)C[C@@H](c1ccccc1)OC2=O)C(=O)N(C)C. The molecule has 3 rings (SSSR count). The summed E-state index contributed by atoms with van der Waals surface area (Å²) in [5.41, 5.74) is 2.36. The Morgan fingerprint density at radius 1 is 1.15 bits per heavy atom. The van der Waals surface area contributed by atoms with E-state index in [2.05, 4.69) is 0 Å². The summed E-state index contributed by atoms with van der Waals surface area (Å²) in [6.07, 6.45) is -0.810. The van der Waals surface area contributed by atoms with E-state index in [0.29, 0.717) is 17.5 Å². The molecule has 6 heteroatoms. The molecule has 0 bridgehead atoms. The average Bonchev–Trinajstić information content (AvgIpc) is 2.67. The van der Waals surface area contributed by atoms with E-state index < -0.39 is 24.1 Å². The fourth-order valence-corrected chi connectivity index (χ4v) is 3.02. The molecule has 1 aliphatic heterocycles. The number of fused-ring (bicyclic) bond motifs is 1. The van der Waals surface area contributed by atoms with Crippen molar-refractivity contribution in [1.29, 1.82) is 0 Å². The van der Waals surface area contributed by atoms with Crippen LogP contribution in [0.2, 0.25) is 0 Å². The Balaban J connectivity index is 1.81. The number of rotatable bonds is 4. The van der Waals surface area contributed by atoms with Crippen LogP contribution in [0.1, 0.15) is 44.9 Å². The maximum absolute atomic E-state index is 12.4.